The molecule has 4 heteroatoms. The molecule has 0 aromatic heterocycles. The Morgan fingerprint density at radius 1 is 1.54 bits per heavy atom. The lowest BCUT2D eigenvalue weighted by Crippen LogP contribution is -2.46. The maximum absolute atomic E-state index is 11.6. The lowest BCUT2D eigenvalue weighted by Gasteiger charge is -2.31. The summed E-state index contributed by atoms with van der Waals surface area (Å²) in [7, 11) is 0. The first-order chi connectivity index (χ1) is 6.27. The molecule has 13 heavy (non-hydrogen) atoms. The van der Waals surface area contributed by atoms with Crippen LogP contribution in [0, 0.1) is 0 Å². The van der Waals surface area contributed by atoms with Crippen molar-refractivity contribution >= 4 is 21.8 Å². The number of amides is 1. The molecule has 2 saturated heterocycles. The van der Waals surface area contributed by atoms with E-state index in [4.69, 9.17) is 0 Å². The Kier molecular flexibility index (Phi) is 2.89. The lowest BCUT2D eigenvalue weighted by atomic mass is 10.1. The zero-order valence-corrected chi connectivity index (χ0v) is 9.22. The minimum Gasteiger partial charge on any atom is -0.337 e. The molecule has 2 atom stereocenters. The molecule has 2 fully saturated rings. The molecular weight excluding hydrogens is 232 g/mol. The second kappa shape index (κ2) is 3.96. The van der Waals surface area contributed by atoms with Crippen LogP contribution in [0.2, 0.25) is 0 Å². The van der Waals surface area contributed by atoms with E-state index in [0.29, 0.717) is 23.2 Å². The minimum atomic E-state index is 0.315. The van der Waals surface area contributed by atoms with Crippen LogP contribution in [0.3, 0.4) is 0 Å². The van der Waals surface area contributed by atoms with Gasteiger partial charge in [0.15, 0.2) is 0 Å². The van der Waals surface area contributed by atoms with E-state index in [2.05, 4.69) is 21.2 Å². The summed E-state index contributed by atoms with van der Waals surface area (Å²) in [6, 6.07) is 0.448. The van der Waals surface area contributed by atoms with Crippen molar-refractivity contribution in [1.29, 1.82) is 0 Å². The Morgan fingerprint density at radius 2 is 2.38 bits per heavy atom. The Labute approximate surface area is 87.0 Å². The molecule has 0 spiro atoms. The second-order valence-electron chi connectivity index (χ2n) is 3.85. The quantitative estimate of drug-likeness (QED) is 0.693. The number of nitrogens with zero attached hydrogens (tertiary/aromatic N) is 1. The zero-order chi connectivity index (χ0) is 9.26. The highest BCUT2D eigenvalue weighted by molar-refractivity contribution is 9.09. The van der Waals surface area contributed by atoms with Gasteiger partial charge in [-0.15, -0.1) is 0 Å². The number of likely N-dealkylation sites (tertiary alicyclic amines) is 1. The molecule has 0 aliphatic carbocycles. The van der Waals surface area contributed by atoms with E-state index in [1.165, 1.54) is 12.8 Å². The molecule has 3 nitrogen and oxygen atoms in total. The van der Waals surface area contributed by atoms with Crippen LogP contribution < -0.4 is 5.32 Å². The van der Waals surface area contributed by atoms with Crippen molar-refractivity contribution in [3.05, 3.63) is 0 Å². The van der Waals surface area contributed by atoms with Crippen LogP contribution >= 0.6 is 15.9 Å². The molecule has 0 bridgehead atoms. The molecule has 1 N–H and O–H groups in total. The van der Waals surface area contributed by atoms with E-state index >= 15 is 0 Å². The SMILES string of the molecule is O=C1CC(Br)CN1C1CCCNC1. The maximum Gasteiger partial charge on any atom is 0.224 e. The monoisotopic (exact) mass is 246 g/mol. The lowest BCUT2D eigenvalue weighted by molar-refractivity contribution is -0.129. The molecule has 74 valence electrons. The molecule has 0 radical (unpaired) electrons. The molecule has 2 aliphatic heterocycles. The fraction of sp³-hybridized carbons (Fsp3) is 0.889. The van der Waals surface area contributed by atoms with Gasteiger partial charge in [-0.2, -0.15) is 0 Å². The van der Waals surface area contributed by atoms with Gasteiger partial charge in [0.25, 0.3) is 0 Å². The number of piperidine rings is 1. The van der Waals surface area contributed by atoms with Gasteiger partial charge >= 0.3 is 0 Å². The molecule has 1 amide bonds. The summed E-state index contributed by atoms with van der Waals surface area (Å²) < 4.78 is 0. The van der Waals surface area contributed by atoms with Gasteiger partial charge < -0.3 is 10.2 Å². The van der Waals surface area contributed by atoms with Crippen LogP contribution in [-0.4, -0.2) is 41.3 Å². The fourth-order valence-corrected chi connectivity index (χ4v) is 2.73. The molecule has 0 aromatic carbocycles. The Bertz CT molecular complexity index is 204. The summed E-state index contributed by atoms with van der Waals surface area (Å²) >= 11 is 3.50. The topological polar surface area (TPSA) is 32.3 Å². The van der Waals surface area contributed by atoms with E-state index in [1.807, 2.05) is 4.90 Å². The number of hydrogen-bond donors (Lipinski definition) is 1. The van der Waals surface area contributed by atoms with E-state index in [9.17, 15) is 4.79 Å². The summed E-state index contributed by atoms with van der Waals surface area (Å²) in [6.45, 7) is 2.98. The summed E-state index contributed by atoms with van der Waals surface area (Å²) in [5, 5.41) is 3.34. The average molecular weight is 247 g/mol. The van der Waals surface area contributed by atoms with Gasteiger partial charge in [0.05, 0.1) is 0 Å². The number of alkyl halides is 1. The first kappa shape index (κ1) is 9.46. The summed E-state index contributed by atoms with van der Waals surface area (Å²) in [4.78, 5) is 14.0. The summed E-state index contributed by atoms with van der Waals surface area (Å²) in [5.41, 5.74) is 0. The third-order valence-corrected chi connectivity index (χ3v) is 3.44. The van der Waals surface area contributed by atoms with E-state index < -0.39 is 0 Å². The van der Waals surface area contributed by atoms with Crippen molar-refractivity contribution in [2.24, 2.45) is 0 Å². The number of halogens is 1. The van der Waals surface area contributed by atoms with Crippen LogP contribution in [0.1, 0.15) is 19.3 Å². The number of carbonyl (C=O) groups excluding carboxylic acids is 1. The largest absolute Gasteiger partial charge is 0.337 e. The van der Waals surface area contributed by atoms with Crippen molar-refractivity contribution in [1.82, 2.24) is 10.2 Å². The smallest absolute Gasteiger partial charge is 0.224 e. The number of nitrogens with one attached hydrogen (secondary N) is 1. The second-order valence-corrected chi connectivity index (χ2v) is 5.14. The Hall–Kier alpha value is -0.0900. The Balaban J connectivity index is 1.95. The van der Waals surface area contributed by atoms with Crippen molar-refractivity contribution in [3.8, 4) is 0 Å². The van der Waals surface area contributed by atoms with Crippen LogP contribution in [0.5, 0.6) is 0 Å². The third kappa shape index (κ3) is 2.05. The highest BCUT2D eigenvalue weighted by Gasteiger charge is 2.33. The normalized spacial score (nSPS) is 35.5. The molecule has 0 aromatic rings. The van der Waals surface area contributed by atoms with Gasteiger partial charge in [0, 0.05) is 30.4 Å². The highest BCUT2D eigenvalue weighted by Crippen LogP contribution is 2.22. The number of carbonyl (C=O) groups is 1. The minimum absolute atomic E-state index is 0.315. The molecule has 2 unspecified atom stereocenters. The average Bonchev–Trinajstić information content (AvgIpc) is 2.47. The number of rotatable bonds is 1. The van der Waals surface area contributed by atoms with E-state index in [1.54, 1.807) is 0 Å². The first-order valence-corrected chi connectivity index (χ1v) is 5.83. The maximum atomic E-state index is 11.6. The van der Waals surface area contributed by atoms with Gasteiger partial charge in [0.1, 0.15) is 0 Å². The molecule has 2 rings (SSSR count). The number of hydrogen-bond acceptors (Lipinski definition) is 2. The summed E-state index contributed by atoms with van der Waals surface area (Å²) in [5.74, 6) is 0.315. The van der Waals surface area contributed by atoms with Crippen molar-refractivity contribution < 1.29 is 4.79 Å². The van der Waals surface area contributed by atoms with Crippen LogP contribution in [0.15, 0.2) is 0 Å². The zero-order valence-electron chi connectivity index (χ0n) is 7.63. The van der Waals surface area contributed by atoms with Crippen molar-refractivity contribution in [2.45, 2.75) is 30.1 Å². The Morgan fingerprint density at radius 3 is 2.92 bits per heavy atom. The van der Waals surface area contributed by atoms with Crippen LogP contribution in [-0.2, 0) is 4.79 Å². The standard InChI is InChI=1S/C9H15BrN2O/c10-7-4-9(13)12(6-7)8-2-1-3-11-5-8/h7-8,11H,1-6H2. The van der Waals surface area contributed by atoms with E-state index in [-0.39, 0.29) is 0 Å². The third-order valence-electron chi connectivity index (χ3n) is 2.82. The van der Waals surface area contributed by atoms with Crippen LogP contribution in [0.4, 0.5) is 0 Å². The fourth-order valence-electron chi connectivity index (χ4n) is 2.14. The molecular formula is C9H15BrN2O. The van der Waals surface area contributed by atoms with Crippen LogP contribution in [0.25, 0.3) is 0 Å². The van der Waals surface area contributed by atoms with Gasteiger partial charge in [-0.1, -0.05) is 15.9 Å². The predicted molar refractivity (Wildman–Crippen MR) is 54.9 cm³/mol. The first-order valence-electron chi connectivity index (χ1n) is 4.91. The molecule has 2 heterocycles. The van der Waals surface area contributed by atoms with Crippen molar-refractivity contribution in [2.75, 3.05) is 19.6 Å². The van der Waals surface area contributed by atoms with Gasteiger partial charge in [-0.05, 0) is 19.4 Å². The molecule has 2 aliphatic rings. The van der Waals surface area contributed by atoms with Gasteiger partial charge in [-0.3, -0.25) is 4.79 Å². The molecule has 0 saturated carbocycles. The van der Waals surface area contributed by atoms with Crippen molar-refractivity contribution in [3.63, 3.8) is 0 Å². The van der Waals surface area contributed by atoms with E-state index in [0.717, 1.165) is 19.6 Å². The predicted octanol–water partition coefficient (Wildman–Crippen LogP) is 0.734. The van der Waals surface area contributed by atoms with Gasteiger partial charge in [0.2, 0.25) is 5.91 Å². The summed E-state index contributed by atoms with van der Waals surface area (Å²) in [6.07, 6.45) is 3.04. The van der Waals surface area contributed by atoms with Gasteiger partial charge in [-0.25, -0.2) is 0 Å². The highest BCUT2D eigenvalue weighted by atomic mass is 79.9.